The Morgan fingerprint density at radius 3 is 2.62 bits per heavy atom. The van der Waals surface area contributed by atoms with Crippen molar-refractivity contribution in [3.63, 3.8) is 0 Å². The number of benzene rings is 1. The Morgan fingerprint density at radius 2 is 1.94 bits per heavy atom. The number of urea groups is 1. The summed E-state index contributed by atoms with van der Waals surface area (Å²) in [6.07, 6.45) is 4.13. The highest BCUT2D eigenvalue weighted by molar-refractivity contribution is 7.89. The van der Waals surface area contributed by atoms with Crippen LogP contribution in [0.25, 0.3) is 0 Å². The number of β-lactam (4-membered cyclic amide) rings is 1. The fourth-order valence-corrected chi connectivity index (χ4v) is 5.17. The third-order valence-corrected chi connectivity index (χ3v) is 6.81. The predicted octanol–water partition coefficient (Wildman–Crippen LogP) is 1.11. The van der Waals surface area contributed by atoms with Crippen molar-refractivity contribution in [3.05, 3.63) is 59.8 Å². The minimum Gasteiger partial charge on any atom is -0.384 e. The number of hydrogen-bond acceptors (Lipinski definition) is 7. The number of pyridine rings is 1. The fraction of sp³-hybridized carbons (Fsp3) is 0.391. The molecular formula is C23H27N5O5S. The molecule has 1 aromatic heterocycles. The molecule has 0 bridgehead atoms. The summed E-state index contributed by atoms with van der Waals surface area (Å²) >= 11 is 0. The van der Waals surface area contributed by atoms with Crippen LogP contribution in [-0.4, -0.2) is 66.4 Å². The number of imide groups is 1. The first-order chi connectivity index (χ1) is 16.1. The molecular weight excluding hydrogens is 458 g/mol. The Bertz CT molecular complexity index is 1200. The lowest BCUT2D eigenvalue weighted by Crippen LogP contribution is -2.71. The van der Waals surface area contributed by atoms with Gasteiger partial charge in [0.25, 0.3) is 5.91 Å². The monoisotopic (exact) mass is 485 g/mol. The SMILES string of the molecule is CS(=O)(=O)NC(=O)[C@@H]1C(Cc2ccnc(N)c2)C(=O)N1C(=O)N1CCC[C@H](c2ccccc2)C1. The third-order valence-electron chi connectivity index (χ3n) is 6.24. The van der Waals surface area contributed by atoms with Gasteiger partial charge in [-0.3, -0.25) is 19.2 Å². The van der Waals surface area contributed by atoms with Gasteiger partial charge in [0.05, 0.1) is 12.2 Å². The van der Waals surface area contributed by atoms with Gasteiger partial charge >= 0.3 is 6.03 Å². The maximum Gasteiger partial charge on any atom is 0.327 e. The topological polar surface area (TPSA) is 143 Å². The van der Waals surface area contributed by atoms with Gasteiger partial charge in [0, 0.05) is 25.2 Å². The van der Waals surface area contributed by atoms with Crippen molar-refractivity contribution >= 4 is 33.7 Å². The molecule has 2 fully saturated rings. The van der Waals surface area contributed by atoms with E-state index in [1.165, 1.54) is 6.20 Å². The van der Waals surface area contributed by atoms with Crippen molar-refractivity contribution in [3.8, 4) is 0 Å². The molecule has 1 aromatic carbocycles. The van der Waals surface area contributed by atoms with Gasteiger partial charge in [-0.15, -0.1) is 0 Å². The summed E-state index contributed by atoms with van der Waals surface area (Å²) < 4.78 is 25.3. The number of sulfonamides is 1. The zero-order chi connectivity index (χ0) is 24.5. The number of carbonyl (C=O) groups excluding carboxylic acids is 3. The quantitative estimate of drug-likeness (QED) is 0.604. The van der Waals surface area contributed by atoms with E-state index in [1.54, 1.807) is 17.0 Å². The smallest absolute Gasteiger partial charge is 0.327 e. The molecule has 10 nitrogen and oxygen atoms in total. The maximum atomic E-state index is 13.4. The molecule has 180 valence electrons. The molecule has 2 aliphatic heterocycles. The van der Waals surface area contributed by atoms with Crippen LogP contribution in [0.3, 0.4) is 0 Å². The summed E-state index contributed by atoms with van der Waals surface area (Å²) in [5, 5.41) is 0. The van der Waals surface area contributed by atoms with Crippen molar-refractivity contribution < 1.29 is 22.8 Å². The first-order valence-electron chi connectivity index (χ1n) is 11.0. The number of nitrogens with one attached hydrogen (secondary N) is 1. The van der Waals surface area contributed by atoms with Gasteiger partial charge in [-0.1, -0.05) is 30.3 Å². The average molecular weight is 486 g/mol. The van der Waals surface area contributed by atoms with E-state index in [-0.39, 0.29) is 18.2 Å². The number of hydrogen-bond donors (Lipinski definition) is 2. The van der Waals surface area contributed by atoms with Crippen molar-refractivity contribution in [1.29, 1.82) is 0 Å². The van der Waals surface area contributed by atoms with E-state index in [4.69, 9.17) is 5.73 Å². The third kappa shape index (κ3) is 5.04. The lowest BCUT2D eigenvalue weighted by atomic mass is 9.82. The molecule has 4 amide bonds. The number of anilines is 1. The molecule has 3 heterocycles. The van der Waals surface area contributed by atoms with E-state index in [0.29, 0.717) is 18.7 Å². The van der Waals surface area contributed by atoms with Gasteiger partial charge in [0.2, 0.25) is 15.9 Å². The number of nitrogens with two attached hydrogens (primary N) is 1. The van der Waals surface area contributed by atoms with Crippen molar-refractivity contribution in [2.45, 2.75) is 31.2 Å². The van der Waals surface area contributed by atoms with Gasteiger partial charge in [0.15, 0.2) is 0 Å². The summed E-state index contributed by atoms with van der Waals surface area (Å²) in [6, 6.07) is 11.3. The van der Waals surface area contributed by atoms with E-state index >= 15 is 0 Å². The van der Waals surface area contributed by atoms with E-state index in [9.17, 15) is 22.8 Å². The van der Waals surface area contributed by atoms with Crippen LogP contribution in [0.1, 0.15) is 29.9 Å². The summed E-state index contributed by atoms with van der Waals surface area (Å²) in [5.74, 6) is -1.93. The number of rotatable bonds is 5. The number of amides is 4. The molecule has 11 heteroatoms. The molecule has 4 rings (SSSR count). The molecule has 2 saturated heterocycles. The molecule has 3 atom stereocenters. The lowest BCUT2D eigenvalue weighted by molar-refractivity contribution is -0.157. The molecule has 0 aliphatic carbocycles. The average Bonchev–Trinajstić information content (AvgIpc) is 2.80. The highest BCUT2D eigenvalue weighted by Gasteiger charge is 2.55. The summed E-state index contributed by atoms with van der Waals surface area (Å²) in [5.41, 5.74) is 7.48. The Balaban J connectivity index is 1.55. The second-order valence-corrected chi connectivity index (χ2v) is 10.5. The molecule has 2 aromatic rings. The predicted molar refractivity (Wildman–Crippen MR) is 125 cm³/mol. The number of piperidine rings is 1. The van der Waals surface area contributed by atoms with Gasteiger partial charge in [-0.25, -0.2) is 18.2 Å². The zero-order valence-corrected chi connectivity index (χ0v) is 19.6. The summed E-state index contributed by atoms with van der Waals surface area (Å²) in [4.78, 5) is 45.7. The maximum absolute atomic E-state index is 13.4. The van der Waals surface area contributed by atoms with Crippen molar-refractivity contribution in [1.82, 2.24) is 19.5 Å². The van der Waals surface area contributed by atoms with Gasteiger partial charge in [0.1, 0.15) is 11.9 Å². The first-order valence-corrected chi connectivity index (χ1v) is 12.9. The Kier molecular flexibility index (Phi) is 6.56. The lowest BCUT2D eigenvalue weighted by Gasteiger charge is -2.47. The molecule has 0 saturated carbocycles. The standard InChI is InChI=1S/C23H27N5O5S/c1-34(32,33)26-21(29)20-18(12-15-9-10-25-19(24)13-15)22(30)28(20)23(31)27-11-5-8-17(14-27)16-6-3-2-4-7-16/h2-4,6-7,9-10,13,17-18,20H,5,8,11-12,14H2,1H3,(H2,24,25)(H,26,29)/t17-,18?,20-/m0/s1. The highest BCUT2D eigenvalue weighted by Crippen LogP contribution is 2.34. The fourth-order valence-electron chi connectivity index (χ4n) is 4.68. The van der Waals surface area contributed by atoms with Gasteiger partial charge in [-0.2, -0.15) is 0 Å². The first kappa shape index (κ1) is 23.7. The van der Waals surface area contributed by atoms with E-state index in [0.717, 1.165) is 29.6 Å². The van der Waals surface area contributed by atoms with Crippen LogP contribution in [0, 0.1) is 5.92 Å². The molecule has 2 aliphatic rings. The van der Waals surface area contributed by atoms with Crippen LogP contribution in [0.2, 0.25) is 0 Å². The van der Waals surface area contributed by atoms with Crippen LogP contribution >= 0.6 is 0 Å². The summed E-state index contributed by atoms with van der Waals surface area (Å²) in [6.45, 7) is 0.872. The number of carbonyl (C=O) groups is 3. The number of nitrogen functional groups attached to an aromatic ring is 1. The Labute approximate surface area is 198 Å². The van der Waals surface area contributed by atoms with Gasteiger partial charge in [-0.05, 0) is 42.5 Å². The minimum atomic E-state index is -3.88. The number of aromatic nitrogens is 1. The van der Waals surface area contributed by atoms with E-state index in [1.807, 2.05) is 35.1 Å². The highest BCUT2D eigenvalue weighted by atomic mass is 32.2. The van der Waals surface area contributed by atoms with Crippen LogP contribution in [0.15, 0.2) is 48.7 Å². The number of likely N-dealkylation sites (tertiary alicyclic amines) is 2. The van der Waals surface area contributed by atoms with Crippen LogP contribution in [0.5, 0.6) is 0 Å². The molecule has 0 radical (unpaired) electrons. The molecule has 3 N–H and O–H groups in total. The molecule has 1 unspecified atom stereocenters. The van der Waals surface area contributed by atoms with E-state index in [2.05, 4.69) is 4.98 Å². The van der Waals surface area contributed by atoms with Crippen molar-refractivity contribution in [2.75, 3.05) is 25.1 Å². The zero-order valence-electron chi connectivity index (χ0n) is 18.8. The van der Waals surface area contributed by atoms with Crippen molar-refractivity contribution in [2.24, 2.45) is 5.92 Å². The second-order valence-electron chi connectivity index (χ2n) is 8.77. The van der Waals surface area contributed by atoms with Crippen LogP contribution in [0.4, 0.5) is 10.6 Å². The van der Waals surface area contributed by atoms with E-state index < -0.39 is 39.8 Å². The minimum absolute atomic E-state index is 0.120. The van der Waals surface area contributed by atoms with Gasteiger partial charge < -0.3 is 10.6 Å². The second kappa shape index (κ2) is 9.41. The largest absolute Gasteiger partial charge is 0.384 e. The summed E-state index contributed by atoms with van der Waals surface area (Å²) in [7, 11) is -3.88. The normalized spacial score (nSPS) is 22.7. The van der Waals surface area contributed by atoms with Crippen LogP contribution in [-0.2, 0) is 26.0 Å². The molecule has 0 spiro atoms. The molecule has 34 heavy (non-hydrogen) atoms. The Hall–Kier alpha value is -3.47. The number of nitrogens with zero attached hydrogens (tertiary/aromatic N) is 3. The van der Waals surface area contributed by atoms with Crippen LogP contribution < -0.4 is 10.5 Å². The Morgan fingerprint density at radius 1 is 1.21 bits per heavy atom.